The van der Waals surface area contributed by atoms with Gasteiger partial charge in [0.25, 0.3) is 0 Å². The highest BCUT2D eigenvalue weighted by Gasteiger charge is 2.15. The number of nitrogens with zero attached hydrogens (tertiary/aromatic N) is 1. The third kappa shape index (κ3) is 4.70. The van der Waals surface area contributed by atoms with E-state index in [-0.39, 0.29) is 18.4 Å². The molecule has 0 aliphatic rings. The van der Waals surface area contributed by atoms with Crippen molar-refractivity contribution in [3.8, 4) is 5.75 Å². The van der Waals surface area contributed by atoms with Gasteiger partial charge in [-0.25, -0.2) is 4.79 Å². The van der Waals surface area contributed by atoms with Crippen LogP contribution in [0.1, 0.15) is 6.92 Å². The van der Waals surface area contributed by atoms with Gasteiger partial charge >= 0.3 is 12.6 Å². The van der Waals surface area contributed by atoms with Gasteiger partial charge in [0.1, 0.15) is 5.75 Å². The number of carbonyl (C=O) groups excluding carboxylic acids is 1. The lowest BCUT2D eigenvalue weighted by Crippen LogP contribution is -2.40. The Bertz CT molecular complexity index is 429. The van der Waals surface area contributed by atoms with Crippen molar-refractivity contribution in [1.82, 2.24) is 4.90 Å². The molecule has 1 unspecified atom stereocenters. The van der Waals surface area contributed by atoms with E-state index in [0.717, 1.165) is 0 Å². The lowest BCUT2D eigenvalue weighted by molar-refractivity contribution is -0.0497. The van der Waals surface area contributed by atoms with Crippen molar-refractivity contribution < 1.29 is 23.4 Å². The summed E-state index contributed by atoms with van der Waals surface area (Å²) in [7, 11) is 1.52. The number of benzene rings is 1. The maximum absolute atomic E-state index is 12.0. The predicted octanol–water partition coefficient (Wildman–Crippen LogP) is 2.13. The summed E-state index contributed by atoms with van der Waals surface area (Å²) in [6, 6.07) is 4.90. The number of aliphatic hydroxyl groups excluding tert-OH is 1. The van der Waals surface area contributed by atoms with E-state index in [1.807, 2.05) is 0 Å². The number of likely N-dealkylation sites (N-methyl/N-ethyl adjacent to an activating group) is 1. The predicted molar refractivity (Wildman–Crippen MR) is 66.4 cm³/mol. The molecule has 106 valence electrons. The lowest BCUT2D eigenvalue weighted by Gasteiger charge is -2.23. The van der Waals surface area contributed by atoms with Gasteiger partial charge in [-0.05, 0) is 19.1 Å². The number of nitrogens with one attached hydrogen (secondary N) is 1. The Morgan fingerprint density at radius 1 is 1.53 bits per heavy atom. The number of alkyl halides is 2. The first-order valence-electron chi connectivity index (χ1n) is 5.63. The molecule has 0 heterocycles. The number of anilines is 1. The van der Waals surface area contributed by atoms with Crippen LogP contribution in [0.5, 0.6) is 5.75 Å². The largest absolute Gasteiger partial charge is 0.435 e. The van der Waals surface area contributed by atoms with Crippen LogP contribution in [-0.2, 0) is 0 Å². The smallest absolute Gasteiger partial charge is 0.387 e. The SMILES string of the molecule is CC(CO)N(C)C(=O)Nc1cccc(OC(F)F)c1. The summed E-state index contributed by atoms with van der Waals surface area (Å²) in [5.41, 5.74) is 0.333. The Labute approximate surface area is 109 Å². The second-order valence-corrected chi connectivity index (χ2v) is 3.98. The molecule has 0 aliphatic carbocycles. The molecule has 1 aromatic rings. The molecule has 0 bridgehead atoms. The van der Waals surface area contributed by atoms with Crippen LogP contribution < -0.4 is 10.1 Å². The Morgan fingerprint density at radius 3 is 2.79 bits per heavy atom. The van der Waals surface area contributed by atoms with Gasteiger partial charge in [-0.2, -0.15) is 8.78 Å². The molecule has 7 heteroatoms. The third-order valence-corrected chi connectivity index (χ3v) is 2.56. The summed E-state index contributed by atoms with van der Waals surface area (Å²) in [4.78, 5) is 13.1. The molecule has 0 radical (unpaired) electrons. The zero-order valence-electron chi connectivity index (χ0n) is 10.6. The monoisotopic (exact) mass is 274 g/mol. The first-order chi connectivity index (χ1) is 8.93. The number of amides is 2. The number of ether oxygens (including phenoxy) is 1. The van der Waals surface area contributed by atoms with E-state index in [4.69, 9.17) is 5.11 Å². The van der Waals surface area contributed by atoms with E-state index >= 15 is 0 Å². The van der Waals surface area contributed by atoms with Gasteiger partial charge in [0, 0.05) is 18.8 Å². The maximum atomic E-state index is 12.0. The quantitative estimate of drug-likeness (QED) is 0.864. The van der Waals surface area contributed by atoms with Crippen LogP contribution in [0.3, 0.4) is 0 Å². The summed E-state index contributed by atoms with van der Waals surface area (Å²) in [6.45, 7) is -1.41. The number of aliphatic hydroxyl groups is 1. The van der Waals surface area contributed by atoms with Crippen LogP contribution in [0.15, 0.2) is 24.3 Å². The zero-order valence-corrected chi connectivity index (χ0v) is 10.6. The molecule has 1 rings (SSSR count). The van der Waals surface area contributed by atoms with E-state index in [0.29, 0.717) is 5.69 Å². The van der Waals surface area contributed by atoms with Gasteiger partial charge in [-0.1, -0.05) is 6.07 Å². The molecule has 1 atom stereocenters. The average Bonchev–Trinajstić information content (AvgIpc) is 2.36. The van der Waals surface area contributed by atoms with Crippen LogP contribution >= 0.6 is 0 Å². The highest BCUT2D eigenvalue weighted by molar-refractivity contribution is 5.89. The van der Waals surface area contributed by atoms with Gasteiger partial charge < -0.3 is 20.1 Å². The standard InChI is InChI=1S/C12H16F2N2O3/c1-8(7-17)16(2)12(18)15-9-4-3-5-10(6-9)19-11(13)14/h3-6,8,11,17H,7H2,1-2H3,(H,15,18). The lowest BCUT2D eigenvalue weighted by atomic mass is 10.3. The van der Waals surface area contributed by atoms with Gasteiger partial charge in [-0.3, -0.25) is 0 Å². The Morgan fingerprint density at radius 2 is 2.21 bits per heavy atom. The van der Waals surface area contributed by atoms with E-state index < -0.39 is 12.6 Å². The van der Waals surface area contributed by atoms with Gasteiger partial charge in [0.05, 0.1) is 12.6 Å². The number of urea groups is 1. The third-order valence-electron chi connectivity index (χ3n) is 2.56. The summed E-state index contributed by atoms with van der Waals surface area (Å²) in [5, 5.41) is 11.5. The molecular formula is C12H16F2N2O3. The maximum Gasteiger partial charge on any atom is 0.387 e. The van der Waals surface area contributed by atoms with Crippen LogP contribution in [0, 0.1) is 0 Å². The van der Waals surface area contributed by atoms with E-state index in [1.54, 1.807) is 13.0 Å². The zero-order chi connectivity index (χ0) is 14.4. The van der Waals surface area contributed by atoms with Crippen molar-refractivity contribution in [3.05, 3.63) is 24.3 Å². The molecule has 0 aromatic heterocycles. The summed E-state index contributed by atoms with van der Waals surface area (Å²) >= 11 is 0. The number of halogens is 2. The van der Waals surface area contributed by atoms with Crippen LogP contribution in [-0.4, -0.2) is 42.3 Å². The Hall–Kier alpha value is -1.89. The van der Waals surface area contributed by atoms with Crippen molar-refractivity contribution in [1.29, 1.82) is 0 Å². The Kier molecular flexibility index (Phi) is 5.50. The molecule has 0 aliphatic heterocycles. The molecule has 2 amide bonds. The molecule has 0 fully saturated rings. The Balaban J connectivity index is 2.69. The fourth-order valence-corrected chi connectivity index (χ4v) is 1.28. The molecule has 5 nitrogen and oxygen atoms in total. The second kappa shape index (κ2) is 6.89. The minimum absolute atomic E-state index is 0.0364. The molecule has 1 aromatic carbocycles. The van der Waals surface area contributed by atoms with Crippen LogP contribution in [0.2, 0.25) is 0 Å². The summed E-state index contributed by atoms with van der Waals surface area (Å²) < 4.78 is 28.3. The topological polar surface area (TPSA) is 61.8 Å². The molecule has 0 spiro atoms. The highest BCUT2D eigenvalue weighted by Crippen LogP contribution is 2.19. The normalized spacial score (nSPS) is 12.1. The summed E-state index contributed by atoms with van der Waals surface area (Å²) in [6.07, 6.45) is 0. The second-order valence-electron chi connectivity index (χ2n) is 3.98. The molecular weight excluding hydrogens is 258 g/mol. The van der Waals surface area contributed by atoms with E-state index in [1.165, 1.54) is 30.1 Å². The van der Waals surface area contributed by atoms with Gasteiger partial charge in [0.2, 0.25) is 0 Å². The molecule has 0 saturated heterocycles. The minimum atomic E-state index is -2.91. The van der Waals surface area contributed by atoms with Crippen LogP contribution in [0.25, 0.3) is 0 Å². The molecule has 2 N–H and O–H groups in total. The minimum Gasteiger partial charge on any atom is -0.435 e. The van der Waals surface area contributed by atoms with Crippen molar-refractivity contribution in [3.63, 3.8) is 0 Å². The summed E-state index contributed by atoms with van der Waals surface area (Å²) in [5.74, 6) is -0.0364. The molecule has 19 heavy (non-hydrogen) atoms. The van der Waals surface area contributed by atoms with Crippen molar-refractivity contribution in [2.75, 3.05) is 19.0 Å². The van der Waals surface area contributed by atoms with Crippen molar-refractivity contribution >= 4 is 11.7 Å². The number of carbonyl (C=O) groups is 1. The van der Waals surface area contributed by atoms with Gasteiger partial charge in [0.15, 0.2) is 0 Å². The fourth-order valence-electron chi connectivity index (χ4n) is 1.28. The first kappa shape index (κ1) is 15.2. The van der Waals surface area contributed by atoms with Crippen molar-refractivity contribution in [2.45, 2.75) is 19.6 Å². The number of hydrogen-bond acceptors (Lipinski definition) is 3. The van der Waals surface area contributed by atoms with E-state index in [9.17, 15) is 13.6 Å². The highest BCUT2D eigenvalue weighted by atomic mass is 19.3. The van der Waals surface area contributed by atoms with E-state index in [2.05, 4.69) is 10.1 Å². The number of rotatable bonds is 5. The average molecular weight is 274 g/mol. The first-order valence-corrected chi connectivity index (χ1v) is 5.63. The molecule has 0 saturated carbocycles. The van der Waals surface area contributed by atoms with Crippen LogP contribution in [0.4, 0.5) is 19.3 Å². The van der Waals surface area contributed by atoms with Gasteiger partial charge in [-0.15, -0.1) is 0 Å². The number of hydrogen-bond donors (Lipinski definition) is 2. The fraction of sp³-hybridized carbons (Fsp3) is 0.417. The van der Waals surface area contributed by atoms with Crippen molar-refractivity contribution in [2.24, 2.45) is 0 Å².